The summed E-state index contributed by atoms with van der Waals surface area (Å²) in [7, 11) is 3.00. The number of nitrogens with zero attached hydrogens (tertiary/aromatic N) is 2. The van der Waals surface area contributed by atoms with Crippen LogP contribution < -0.4 is 26.6 Å². The first-order chi connectivity index (χ1) is 13.4. The van der Waals surface area contributed by atoms with Crippen LogP contribution in [0.25, 0.3) is 12.2 Å². The van der Waals surface area contributed by atoms with Crippen molar-refractivity contribution >= 4 is 17.8 Å². The number of ether oxygens (including phenoxy) is 1. The van der Waals surface area contributed by atoms with Gasteiger partial charge in [0, 0.05) is 13.1 Å². The number of methoxy groups -OCH3 is 1. The average molecular weight is 379 g/mol. The summed E-state index contributed by atoms with van der Waals surface area (Å²) in [5.41, 5.74) is -0.160. The van der Waals surface area contributed by atoms with Crippen LogP contribution in [0.4, 0.5) is 5.69 Å². The zero-order valence-electron chi connectivity index (χ0n) is 15.2. The highest BCUT2D eigenvalue weighted by molar-refractivity contribution is 5.60. The van der Waals surface area contributed by atoms with E-state index in [1.165, 1.54) is 35.9 Å². The maximum atomic E-state index is 12.7. The van der Waals surface area contributed by atoms with E-state index in [1.807, 2.05) is 0 Å². The van der Waals surface area contributed by atoms with Gasteiger partial charge in [-0.2, -0.15) is 0 Å². The summed E-state index contributed by atoms with van der Waals surface area (Å²) in [6.07, 6.45) is 2.88. The largest absolute Gasteiger partial charge is 0.497 e. The molecule has 142 valence electrons. The molecule has 0 saturated carbocycles. The predicted molar refractivity (Wildman–Crippen MR) is 105 cm³/mol. The fourth-order valence-corrected chi connectivity index (χ4v) is 2.73. The first kappa shape index (κ1) is 18.8. The Labute approximate surface area is 158 Å². The second-order valence-electron chi connectivity index (χ2n) is 5.99. The minimum absolute atomic E-state index is 0.0196. The normalized spacial score (nSPS) is 12.2. The van der Waals surface area contributed by atoms with Gasteiger partial charge in [-0.05, 0) is 35.9 Å². The molecule has 0 unspecified atom stereocenters. The lowest BCUT2D eigenvalue weighted by Crippen LogP contribution is -2.52. The number of hydrogen-bond donors (Lipinski definition) is 1. The molecule has 1 heterocycles. The van der Waals surface area contributed by atoms with Crippen molar-refractivity contribution in [1.82, 2.24) is 9.55 Å². The van der Waals surface area contributed by atoms with Crippen LogP contribution in [-0.2, 0) is 7.05 Å². The molecule has 28 heavy (non-hydrogen) atoms. The highest BCUT2D eigenvalue weighted by Gasteiger charge is 2.11. The van der Waals surface area contributed by atoms with Gasteiger partial charge in [0.2, 0.25) is 0 Å². The number of H-pyrrole nitrogens is 1. The lowest BCUT2D eigenvalue weighted by Gasteiger charge is -2.02. The molecule has 0 fully saturated rings. The zero-order chi connectivity index (χ0) is 20.3. The van der Waals surface area contributed by atoms with E-state index in [4.69, 9.17) is 4.74 Å². The average Bonchev–Trinajstić information content (AvgIpc) is 2.70. The van der Waals surface area contributed by atoms with Crippen LogP contribution in [0.2, 0.25) is 0 Å². The molecule has 1 aromatic heterocycles. The number of aromatic nitrogens is 2. The summed E-state index contributed by atoms with van der Waals surface area (Å²) in [6.45, 7) is 0. The van der Waals surface area contributed by atoms with Gasteiger partial charge in [0.1, 0.15) is 16.4 Å². The van der Waals surface area contributed by atoms with E-state index in [2.05, 4.69) is 4.98 Å². The summed E-state index contributed by atoms with van der Waals surface area (Å²) in [4.78, 5) is 38.4. The van der Waals surface area contributed by atoms with E-state index < -0.39 is 16.0 Å². The summed E-state index contributed by atoms with van der Waals surface area (Å²) in [5, 5.41) is 11.3. The van der Waals surface area contributed by atoms with E-state index >= 15 is 0 Å². The number of para-hydroxylation sites is 1. The van der Waals surface area contributed by atoms with Crippen LogP contribution in [0.15, 0.2) is 58.1 Å². The first-order valence-electron chi connectivity index (χ1n) is 8.31. The van der Waals surface area contributed by atoms with Crippen molar-refractivity contribution in [3.63, 3.8) is 0 Å². The molecule has 0 aliphatic rings. The molecule has 0 saturated heterocycles. The van der Waals surface area contributed by atoms with Crippen LogP contribution >= 0.6 is 0 Å². The summed E-state index contributed by atoms with van der Waals surface area (Å²) in [5.74, 6) is 0.674. The van der Waals surface area contributed by atoms with E-state index in [0.29, 0.717) is 11.3 Å². The quantitative estimate of drug-likeness (QED) is 0.529. The molecule has 0 radical (unpaired) electrons. The van der Waals surface area contributed by atoms with Crippen LogP contribution in [0.3, 0.4) is 0 Å². The molecule has 0 aliphatic heterocycles. The molecule has 0 bridgehead atoms. The highest BCUT2D eigenvalue weighted by Crippen LogP contribution is 2.17. The summed E-state index contributed by atoms with van der Waals surface area (Å²) < 4.78 is 6.26. The Morgan fingerprint density at radius 2 is 1.75 bits per heavy atom. The van der Waals surface area contributed by atoms with Gasteiger partial charge in [-0.3, -0.25) is 19.7 Å². The van der Waals surface area contributed by atoms with E-state index in [9.17, 15) is 19.7 Å². The summed E-state index contributed by atoms with van der Waals surface area (Å²) >= 11 is 0. The van der Waals surface area contributed by atoms with Crippen LogP contribution in [0, 0.1) is 10.1 Å². The SMILES string of the molecule is COc1ccc(/C=c2\[nH]c(=O)/c(=C/c3ccccc3[N+](=O)[O-])n(C)c2=O)cc1. The number of aromatic amines is 1. The minimum Gasteiger partial charge on any atom is -0.497 e. The molecular weight excluding hydrogens is 362 g/mol. The lowest BCUT2D eigenvalue weighted by atomic mass is 10.1. The maximum absolute atomic E-state index is 12.7. The zero-order valence-corrected chi connectivity index (χ0v) is 15.2. The fraction of sp³-hybridized carbons (Fsp3) is 0.100. The molecule has 3 aromatic rings. The second-order valence-corrected chi connectivity index (χ2v) is 5.99. The molecule has 3 rings (SSSR count). The van der Waals surface area contributed by atoms with Crippen molar-refractivity contribution in [2.75, 3.05) is 7.11 Å². The number of benzene rings is 2. The van der Waals surface area contributed by atoms with E-state index in [-0.39, 0.29) is 21.9 Å². The molecule has 0 aliphatic carbocycles. The van der Waals surface area contributed by atoms with Gasteiger partial charge < -0.3 is 14.3 Å². The highest BCUT2D eigenvalue weighted by atomic mass is 16.6. The number of rotatable bonds is 4. The van der Waals surface area contributed by atoms with Crippen LogP contribution in [0.5, 0.6) is 5.75 Å². The van der Waals surface area contributed by atoms with Crippen LogP contribution in [-0.4, -0.2) is 21.6 Å². The number of nitro groups is 1. The Kier molecular flexibility index (Phi) is 5.21. The molecule has 1 N–H and O–H groups in total. The minimum atomic E-state index is -0.538. The molecule has 2 aromatic carbocycles. The van der Waals surface area contributed by atoms with Gasteiger partial charge in [-0.25, -0.2) is 0 Å². The molecule has 0 atom stereocenters. The van der Waals surface area contributed by atoms with Crippen molar-refractivity contribution in [3.05, 3.63) is 101 Å². The van der Waals surface area contributed by atoms with E-state index in [1.54, 1.807) is 43.5 Å². The van der Waals surface area contributed by atoms with Crippen molar-refractivity contribution < 1.29 is 9.66 Å². The third kappa shape index (κ3) is 3.75. The van der Waals surface area contributed by atoms with Crippen molar-refractivity contribution in [1.29, 1.82) is 0 Å². The Hall–Kier alpha value is -3.94. The van der Waals surface area contributed by atoms with Gasteiger partial charge in [0.15, 0.2) is 0 Å². The van der Waals surface area contributed by atoms with Crippen molar-refractivity contribution in [2.24, 2.45) is 7.05 Å². The van der Waals surface area contributed by atoms with Crippen molar-refractivity contribution in [3.8, 4) is 5.75 Å². The number of nitrogens with one attached hydrogen (secondary N) is 1. The molecular formula is C20H17N3O5. The fourth-order valence-electron chi connectivity index (χ4n) is 2.73. The predicted octanol–water partition coefficient (Wildman–Crippen LogP) is 0.648. The van der Waals surface area contributed by atoms with E-state index in [0.717, 1.165) is 0 Å². The lowest BCUT2D eigenvalue weighted by molar-refractivity contribution is -0.385. The molecule has 0 spiro atoms. The Morgan fingerprint density at radius 3 is 2.39 bits per heavy atom. The van der Waals surface area contributed by atoms with Gasteiger partial charge in [-0.1, -0.05) is 24.3 Å². The third-order valence-corrected chi connectivity index (χ3v) is 4.23. The Balaban J connectivity index is 2.19. The molecule has 8 nitrogen and oxygen atoms in total. The number of hydrogen-bond acceptors (Lipinski definition) is 5. The van der Waals surface area contributed by atoms with Crippen LogP contribution in [0.1, 0.15) is 11.1 Å². The smallest absolute Gasteiger partial charge is 0.276 e. The first-order valence-corrected chi connectivity index (χ1v) is 8.31. The monoisotopic (exact) mass is 379 g/mol. The third-order valence-electron chi connectivity index (χ3n) is 4.23. The van der Waals surface area contributed by atoms with Gasteiger partial charge in [-0.15, -0.1) is 0 Å². The van der Waals surface area contributed by atoms with Gasteiger partial charge in [0.05, 0.1) is 17.6 Å². The number of nitro benzene ring substituents is 1. The summed E-state index contributed by atoms with van der Waals surface area (Å²) in [6, 6.07) is 13.0. The Morgan fingerprint density at radius 1 is 1.07 bits per heavy atom. The Bertz CT molecular complexity index is 1270. The topological polar surface area (TPSA) is 107 Å². The second kappa shape index (κ2) is 7.75. The molecule has 0 amide bonds. The van der Waals surface area contributed by atoms with Gasteiger partial charge in [0.25, 0.3) is 16.8 Å². The molecule has 8 heteroatoms. The standard InChI is InChI=1S/C20H17N3O5/c1-22-18(12-14-5-3-4-6-17(14)23(26)27)19(24)21-16(20(22)25)11-13-7-9-15(28-2)10-8-13/h3-12H,1-2H3,(H,21,24)/b16-11-,18-12-. The van der Waals surface area contributed by atoms with Gasteiger partial charge >= 0.3 is 0 Å². The van der Waals surface area contributed by atoms with Crippen molar-refractivity contribution in [2.45, 2.75) is 0 Å². The maximum Gasteiger partial charge on any atom is 0.276 e.